The first kappa shape index (κ1) is 25.4. The molecule has 0 aliphatic carbocycles. The number of carbonyl (C=O) groups is 2. The smallest absolute Gasteiger partial charge is 0.343 e. The molecule has 1 aromatic heterocycles. The maximum absolute atomic E-state index is 11.8. The van der Waals surface area contributed by atoms with Gasteiger partial charge >= 0.3 is 11.9 Å². The molecule has 2 heterocycles. The third-order valence-electron chi connectivity index (χ3n) is 5.52. The van der Waals surface area contributed by atoms with Crippen molar-refractivity contribution in [1.82, 2.24) is 0 Å². The van der Waals surface area contributed by atoms with Crippen LogP contribution in [0.5, 0.6) is 0 Å². The Morgan fingerprint density at radius 1 is 1.12 bits per heavy atom. The Labute approximate surface area is 191 Å². The van der Waals surface area contributed by atoms with Crippen LogP contribution in [0.25, 0.3) is 0 Å². The lowest BCUT2D eigenvalue weighted by atomic mass is 10.0. The van der Waals surface area contributed by atoms with E-state index in [0.717, 1.165) is 44.9 Å². The van der Waals surface area contributed by atoms with Gasteiger partial charge in [-0.05, 0) is 89.3 Å². The van der Waals surface area contributed by atoms with E-state index in [1.54, 1.807) is 13.2 Å². The van der Waals surface area contributed by atoms with Gasteiger partial charge in [0.2, 0.25) is 0 Å². The van der Waals surface area contributed by atoms with Gasteiger partial charge in [0.25, 0.3) is 0 Å². The average Bonchev–Trinajstić information content (AvgIpc) is 3.32. The van der Waals surface area contributed by atoms with E-state index in [9.17, 15) is 9.59 Å². The zero-order valence-corrected chi connectivity index (χ0v) is 20.0. The number of allylic oxidation sites excluding steroid dienone is 5. The van der Waals surface area contributed by atoms with Crippen molar-refractivity contribution in [3.05, 3.63) is 70.6 Å². The lowest BCUT2D eigenvalue weighted by molar-refractivity contribution is -0.137. The predicted molar refractivity (Wildman–Crippen MR) is 125 cm³/mol. The van der Waals surface area contributed by atoms with Gasteiger partial charge in [-0.2, -0.15) is 0 Å². The van der Waals surface area contributed by atoms with Crippen LogP contribution in [0.2, 0.25) is 0 Å². The molecular weight excluding hydrogens is 404 g/mol. The standard InChI is InChI=1S/C27H36O5/c1-19(9-6-10-20(2)12-8-14-24-15-16-30-18-24)11-7-13-21(3)17-25-26(31-23(5)28)22(4)27(29)32-25/h11-12,15-18,21H,6-10,13-14H2,1-5H3/b19-11-,20-12-,25-17-/t21-/m1/s1. The van der Waals surface area contributed by atoms with Crippen molar-refractivity contribution in [3.8, 4) is 0 Å². The van der Waals surface area contributed by atoms with Crippen LogP contribution in [0.1, 0.15) is 78.7 Å². The minimum atomic E-state index is -0.460. The molecule has 5 nitrogen and oxygen atoms in total. The highest BCUT2D eigenvalue weighted by Crippen LogP contribution is 2.29. The fraction of sp³-hybridized carbons (Fsp3) is 0.481. The number of furan rings is 1. The average molecular weight is 441 g/mol. The van der Waals surface area contributed by atoms with E-state index in [1.165, 1.54) is 23.6 Å². The van der Waals surface area contributed by atoms with Crippen molar-refractivity contribution in [2.45, 2.75) is 79.6 Å². The van der Waals surface area contributed by atoms with Gasteiger partial charge in [0.15, 0.2) is 11.5 Å². The second-order valence-corrected chi connectivity index (χ2v) is 8.65. The SMILES string of the molecule is CC(=O)OC1=C(C)C(=O)O/C1=C\[C@H](C)CC/C=C(/C)CCC/C(C)=C\CCc1ccoc1. The van der Waals surface area contributed by atoms with Crippen molar-refractivity contribution in [2.24, 2.45) is 5.92 Å². The number of aryl methyl sites for hydroxylation is 1. The fourth-order valence-electron chi connectivity index (χ4n) is 3.59. The molecule has 1 atom stereocenters. The molecule has 0 N–H and O–H groups in total. The summed E-state index contributed by atoms with van der Waals surface area (Å²) in [7, 11) is 0. The summed E-state index contributed by atoms with van der Waals surface area (Å²) in [5.41, 5.74) is 4.43. The van der Waals surface area contributed by atoms with Crippen LogP contribution in [0.3, 0.4) is 0 Å². The zero-order chi connectivity index (χ0) is 23.5. The highest BCUT2D eigenvalue weighted by atomic mass is 16.6. The number of hydrogen-bond acceptors (Lipinski definition) is 5. The maximum Gasteiger partial charge on any atom is 0.343 e. The van der Waals surface area contributed by atoms with Crippen LogP contribution in [0.4, 0.5) is 0 Å². The van der Waals surface area contributed by atoms with Crippen LogP contribution < -0.4 is 0 Å². The monoisotopic (exact) mass is 440 g/mol. The Kier molecular flexibility index (Phi) is 10.3. The van der Waals surface area contributed by atoms with E-state index in [4.69, 9.17) is 13.9 Å². The normalized spacial score (nSPS) is 17.2. The molecule has 2 rings (SSSR count). The van der Waals surface area contributed by atoms with E-state index in [1.807, 2.05) is 18.4 Å². The summed E-state index contributed by atoms with van der Waals surface area (Å²) in [6.07, 6.45) is 17.4. The van der Waals surface area contributed by atoms with Crippen LogP contribution in [0.15, 0.2) is 69.5 Å². The molecule has 0 saturated carbocycles. The van der Waals surface area contributed by atoms with E-state index >= 15 is 0 Å². The van der Waals surface area contributed by atoms with Crippen molar-refractivity contribution in [1.29, 1.82) is 0 Å². The predicted octanol–water partition coefficient (Wildman–Crippen LogP) is 6.97. The van der Waals surface area contributed by atoms with Crippen molar-refractivity contribution in [2.75, 3.05) is 0 Å². The number of esters is 2. The summed E-state index contributed by atoms with van der Waals surface area (Å²) in [5, 5.41) is 0. The first-order valence-corrected chi connectivity index (χ1v) is 11.4. The van der Waals surface area contributed by atoms with Crippen LogP contribution in [-0.4, -0.2) is 11.9 Å². The number of ether oxygens (including phenoxy) is 2. The summed E-state index contributed by atoms with van der Waals surface area (Å²) in [6, 6.07) is 2.02. The van der Waals surface area contributed by atoms with Gasteiger partial charge in [-0.15, -0.1) is 0 Å². The zero-order valence-electron chi connectivity index (χ0n) is 20.0. The van der Waals surface area contributed by atoms with Crippen molar-refractivity contribution in [3.63, 3.8) is 0 Å². The Hall–Kier alpha value is -2.82. The molecule has 0 unspecified atom stereocenters. The molecule has 0 bridgehead atoms. The Balaban J connectivity index is 1.71. The molecule has 0 spiro atoms. The van der Waals surface area contributed by atoms with Crippen molar-refractivity contribution < 1.29 is 23.5 Å². The molecule has 0 amide bonds. The van der Waals surface area contributed by atoms with Crippen LogP contribution in [0, 0.1) is 5.92 Å². The van der Waals surface area contributed by atoms with E-state index in [2.05, 4.69) is 32.9 Å². The Morgan fingerprint density at radius 3 is 2.44 bits per heavy atom. The van der Waals surface area contributed by atoms with Gasteiger partial charge in [0.1, 0.15) is 0 Å². The van der Waals surface area contributed by atoms with E-state index in [-0.39, 0.29) is 11.7 Å². The van der Waals surface area contributed by atoms with E-state index < -0.39 is 11.9 Å². The minimum Gasteiger partial charge on any atom is -0.472 e. The minimum absolute atomic E-state index is 0.193. The lowest BCUT2D eigenvalue weighted by Gasteiger charge is -2.09. The summed E-state index contributed by atoms with van der Waals surface area (Å²) >= 11 is 0. The summed E-state index contributed by atoms with van der Waals surface area (Å²) < 4.78 is 15.5. The Bertz CT molecular complexity index is 896. The lowest BCUT2D eigenvalue weighted by Crippen LogP contribution is -2.02. The number of hydrogen-bond donors (Lipinski definition) is 0. The third kappa shape index (κ3) is 8.74. The molecule has 0 fully saturated rings. The largest absolute Gasteiger partial charge is 0.472 e. The molecule has 0 saturated heterocycles. The molecule has 1 aromatic rings. The quantitative estimate of drug-likeness (QED) is 0.259. The third-order valence-corrected chi connectivity index (χ3v) is 5.52. The summed E-state index contributed by atoms with van der Waals surface area (Å²) in [6.45, 7) is 9.38. The molecule has 0 radical (unpaired) electrons. The van der Waals surface area contributed by atoms with Crippen LogP contribution in [-0.2, 0) is 25.5 Å². The fourth-order valence-corrected chi connectivity index (χ4v) is 3.59. The second kappa shape index (κ2) is 12.9. The molecule has 1 aliphatic heterocycles. The maximum atomic E-state index is 11.8. The molecule has 5 heteroatoms. The van der Waals surface area contributed by atoms with Gasteiger partial charge in [0.05, 0.1) is 18.1 Å². The molecule has 0 aromatic carbocycles. The topological polar surface area (TPSA) is 65.7 Å². The molecule has 32 heavy (non-hydrogen) atoms. The number of cyclic esters (lactones) is 1. The van der Waals surface area contributed by atoms with E-state index in [0.29, 0.717) is 11.3 Å². The Morgan fingerprint density at radius 2 is 1.81 bits per heavy atom. The molecule has 1 aliphatic rings. The van der Waals surface area contributed by atoms with Gasteiger partial charge in [-0.25, -0.2) is 4.79 Å². The number of carbonyl (C=O) groups excluding carboxylic acids is 2. The first-order valence-electron chi connectivity index (χ1n) is 11.4. The van der Waals surface area contributed by atoms with Gasteiger partial charge in [0, 0.05) is 6.92 Å². The molecular formula is C27H36O5. The van der Waals surface area contributed by atoms with Crippen molar-refractivity contribution >= 4 is 11.9 Å². The van der Waals surface area contributed by atoms with Gasteiger partial charge in [-0.3, -0.25) is 4.79 Å². The van der Waals surface area contributed by atoms with Crippen LogP contribution >= 0.6 is 0 Å². The number of rotatable bonds is 12. The second-order valence-electron chi connectivity index (χ2n) is 8.65. The first-order chi connectivity index (χ1) is 15.3. The highest BCUT2D eigenvalue weighted by molar-refractivity contribution is 5.94. The van der Waals surface area contributed by atoms with Gasteiger partial charge < -0.3 is 13.9 Å². The summed E-state index contributed by atoms with van der Waals surface area (Å²) in [5.74, 6) is -0.127. The molecule has 174 valence electrons. The summed E-state index contributed by atoms with van der Waals surface area (Å²) in [4.78, 5) is 23.1. The van der Waals surface area contributed by atoms with Gasteiger partial charge in [-0.1, -0.05) is 30.2 Å². The highest BCUT2D eigenvalue weighted by Gasteiger charge is 2.29.